The topological polar surface area (TPSA) is 78.5 Å². The van der Waals surface area contributed by atoms with Crippen LogP contribution in [0.15, 0.2) is 53.2 Å². The number of aryl methyl sites for hydroxylation is 2. The summed E-state index contributed by atoms with van der Waals surface area (Å²) in [5.74, 6) is -1.04. The van der Waals surface area contributed by atoms with E-state index in [0.717, 1.165) is 48.9 Å². The highest BCUT2D eigenvalue weighted by Gasteiger charge is 2.42. The number of nitrogens with zero attached hydrogens (tertiary/aromatic N) is 1. The van der Waals surface area contributed by atoms with Gasteiger partial charge in [-0.05, 0) is 68.1 Å². The van der Waals surface area contributed by atoms with Crippen molar-refractivity contribution in [2.24, 2.45) is 0 Å². The van der Waals surface area contributed by atoms with E-state index in [2.05, 4.69) is 10.6 Å². The molecule has 32 heavy (non-hydrogen) atoms. The molecule has 7 heteroatoms. The van der Waals surface area contributed by atoms with Crippen molar-refractivity contribution in [3.05, 3.63) is 69.9 Å². The normalized spacial score (nSPS) is 17.2. The third kappa shape index (κ3) is 4.41. The Bertz CT molecular complexity index is 1100. The smallest absolute Gasteiger partial charge is 0.279 e. The second kappa shape index (κ2) is 9.17. The van der Waals surface area contributed by atoms with Crippen molar-refractivity contribution in [3.63, 3.8) is 0 Å². The number of nitrogens with one attached hydrogen (secondary N) is 2. The quantitative estimate of drug-likeness (QED) is 0.618. The molecule has 166 valence electrons. The van der Waals surface area contributed by atoms with E-state index >= 15 is 0 Å². The monoisotopic (exact) mass is 451 g/mol. The average molecular weight is 452 g/mol. The molecule has 4 rings (SSSR count). The number of anilines is 2. The molecule has 1 aliphatic heterocycles. The van der Waals surface area contributed by atoms with Gasteiger partial charge in [0.2, 0.25) is 0 Å². The number of halogens is 1. The van der Waals surface area contributed by atoms with E-state index in [9.17, 15) is 14.4 Å². The van der Waals surface area contributed by atoms with Crippen LogP contribution in [0.2, 0.25) is 0 Å². The van der Waals surface area contributed by atoms with Crippen LogP contribution in [0, 0.1) is 13.8 Å². The Hall–Kier alpha value is -3.12. The van der Waals surface area contributed by atoms with E-state index in [4.69, 9.17) is 11.6 Å². The first kappa shape index (κ1) is 22.1. The zero-order valence-electron chi connectivity index (χ0n) is 18.2. The lowest BCUT2D eigenvalue weighted by Crippen LogP contribution is -2.42. The number of hydrogen-bond acceptors (Lipinski definition) is 4. The van der Waals surface area contributed by atoms with Gasteiger partial charge in [-0.15, -0.1) is 0 Å². The lowest BCUT2D eigenvalue weighted by atomic mass is 9.94. The SMILES string of the molecule is Cc1ccc(C)c(NC(=O)c2ccc(NC3=C(Cl)C(=O)N(C4CCCCC4)C3=O)cc2)c1. The van der Waals surface area contributed by atoms with E-state index in [1.165, 1.54) is 4.90 Å². The van der Waals surface area contributed by atoms with Crippen LogP contribution in [-0.4, -0.2) is 28.7 Å². The summed E-state index contributed by atoms with van der Waals surface area (Å²) in [7, 11) is 0. The van der Waals surface area contributed by atoms with E-state index in [-0.39, 0.29) is 28.6 Å². The van der Waals surface area contributed by atoms with Gasteiger partial charge in [0.15, 0.2) is 0 Å². The summed E-state index contributed by atoms with van der Waals surface area (Å²) in [6, 6.07) is 12.5. The van der Waals surface area contributed by atoms with Crippen LogP contribution in [0.5, 0.6) is 0 Å². The summed E-state index contributed by atoms with van der Waals surface area (Å²) in [5, 5.41) is 5.82. The van der Waals surface area contributed by atoms with Crippen molar-refractivity contribution in [1.29, 1.82) is 0 Å². The third-order valence-electron chi connectivity index (χ3n) is 6.06. The van der Waals surface area contributed by atoms with Crippen molar-refractivity contribution in [2.45, 2.75) is 52.0 Å². The Morgan fingerprint density at radius 2 is 1.66 bits per heavy atom. The predicted octanol–water partition coefficient (Wildman–Crippen LogP) is 5.12. The Morgan fingerprint density at radius 1 is 0.969 bits per heavy atom. The van der Waals surface area contributed by atoms with Crippen LogP contribution in [0.4, 0.5) is 11.4 Å². The van der Waals surface area contributed by atoms with Gasteiger partial charge in [-0.3, -0.25) is 19.3 Å². The maximum absolute atomic E-state index is 12.9. The van der Waals surface area contributed by atoms with Crippen molar-refractivity contribution < 1.29 is 14.4 Å². The minimum absolute atomic E-state index is 0.0858. The van der Waals surface area contributed by atoms with Gasteiger partial charge >= 0.3 is 0 Å². The molecule has 0 unspecified atom stereocenters. The van der Waals surface area contributed by atoms with Gasteiger partial charge in [0.05, 0.1) is 0 Å². The molecule has 0 aromatic heterocycles. The summed E-state index contributed by atoms with van der Waals surface area (Å²) in [6.45, 7) is 3.91. The van der Waals surface area contributed by atoms with Gasteiger partial charge in [-0.1, -0.05) is 43.0 Å². The van der Waals surface area contributed by atoms with Crippen molar-refractivity contribution in [1.82, 2.24) is 4.90 Å². The molecule has 0 saturated heterocycles. The van der Waals surface area contributed by atoms with Crippen molar-refractivity contribution in [2.75, 3.05) is 10.6 Å². The first-order chi connectivity index (χ1) is 15.3. The number of rotatable bonds is 5. The molecule has 0 radical (unpaired) electrons. The van der Waals surface area contributed by atoms with Gasteiger partial charge in [-0.25, -0.2) is 0 Å². The molecule has 2 aromatic rings. The van der Waals surface area contributed by atoms with Crippen LogP contribution in [0.25, 0.3) is 0 Å². The van der Waals surface area contributed by atoms with Gasteiger partial charge in [-0.2, -0.15) is 0 Å². The molecule has 0 atom stereocenters. The van der Waals surface area contributed by atoms with E-state index in [0.29, 0.717) is 11.3 Å². The van der Waals surface area contributed by atoms with Crippen LogP contribution in [-0.2, 0) is 9.59 Å². The zero-order chi connectivity index (χ0) is 22.8. The zero-order valence-corrected chi connectivity index (χ0v) is 19.0. The molecule has 1 heterocycles. The molecule has 2 aromatic carbocycles. The number of imide groups is 1. The highest BCUT2D eigenvalue weighted by Crippen LogP contribution is 2.32. The molecule has 1 aliphatic carbocycles. The number of benzene rings is 2. The number of carbonyl (C=O) groups excluding carboxylic acids is 3. The Labute approximate surface area is 192 Å². The average Bonchev–Trinajstić information content (AvgIpc) is 3.00. The molecule has 6 nitrogen and oxygen atoms in total. The number of carbonyl (C=O) groups is 3. The Morgan fingerprint density at radius 3 is 2.34 bits per heavy atom. The molecule has 0 bridgehead atoms. The molecular weight excluding hydrogens is 426 g/mol. The molecule has 2 aliphatic rings. The second-order valence-corrected chi connectivity index (χ2v) is 8.81. The largest absolute Gasteiger partial charge is 0.350 e. The summed E-state index contributed by atoms with van der Waals surface area (Å²) >= 11 is 6.23. The van der Waals surface area contributed by atoms with E-state index in [1.807, 2.05) is 32.0 Å². The fourth-order valence-electron chi connectivity index (χ4n) is 4.21. The van der Waals surface area contributed by atoms with Crippen LogP contribution >= 0.6 is 11.6 Å². The van der Waals surface area contributed by atoms with Gasteiger partial charge in [0, 0.05) is 23.0 Å². The summed E-state index contributed by atoms with van der Waals surface area (Å²) in [6.07, 6.45) is 4.78. The summed E-state index contributed by atoms with van der Waals surface area (Å²) in [4.78, 5) is 39.4. The van der Waals surface area contributed by atoms with Gasteiger partial charge in [0.1, 0.15) is 10.7 Å². The molecule has 1 saturated carbocycles. The molecule has 2 N–H and O–H groups in total. The van der Waals surface area contributed by atoms with Crippen LogP contribution in [0.3, 0.4) is 0 Å². The number of amides is 3. The fourth-order valence-corrected chi connectivity index (χ4v) is 4.43. The number of hydrogen-bond donors (Lipinski definition) is 2. The minimum atomic E-state index is -0.435. The van der Waals surface area contributed by atoms with E-state index < -0.39 is 5.91 Å². The molecule has 0 spiro atoms. The van der Waals surface area contributed by atoms with Crippen molar-refractivity contribution >= 4 is 40.7 Å². The van der Waals surface area contributed by atoms with Gasteiger partial charge < -0.3 is 10.6 Å². The Balaban J connectivity index is 1.45. The van der Waals surface area contributed by atoms with Gasteiger partial charge in [0.25, 0.3) is 17.7 Å². The minimum Gasteiger partial charge on any atom is -0.350 e. The third-order valence-corrected chi connectivity index (χ3v) is 6.41. The fraction of sp³-hybridized carbons (Fsp3) is 0.320. The van der Waals surface area contributed by atoms with Crippen LogP contribution in [0.1, 0.15) is 53.6 Å². The van der Waals surface area contributed by atoms with Crippen molar-refractivity contribution in [3.8, 4) is 0 Å². The molecular formula is C25H26ClN3O3. The predicted molar refractivity (Wildman–Crippen MR) is 126 cm³/mol. The van der Waals surface area contributed by atoms with E-state index in [1.54, 1.807) is 24.3 Å². The lowest BCUT2D eigenvalue weighted by Gasteiger charge is -2.29. The summed E-state index contributed by atoms with van der Waals surface area (Å²) < 4.78 is 0. The first-order valence-electron chi connectivity index (χ1n) is 10.9. The van der Waals surface area contributed by atoms with Crippen LogP contribution < -0.4 is 10.6 Å². The molecule has 3 amide bonds. The highest BCUT2D eigenvalue weighted by molar-refractivity contribution is 6.48. The standard InChI is InChI=1S/C25H26ClN3O3/c1-15-8-9-16(2)20(14-15)28-23(30)17-10-12-18(13-11-17)27-22-21(26)24(31)29(25(22)32)19-6-4-3-5-7-19/h8-14,19,27H,3-7H2,1-2H3,(H,28,30). The molecule has 1 fully saturated rings. The summed E-state index contributed by atoms with van der Waals surface area (Å²) in [5.41, 5.74) is 3.97. The highest BCUT2D eigenvalue weighted by atomic mass is 35.5. The second-order valence-electron chi connectivity index (χ2n) is 8.44. The maximum Gasteiger partial charge on any atom is 0.279 e. The lowest BCUT2D eigenvalue weighted by molar-refractivity contribution is -0.140. The maximum atomic E-state index is 12.9. The Kier molecular flexibility index (Phi) is 6.33. The first-order valence-corrected chi connectivity index (χ1v) is 11.3.